The van der Waals surface area contributed by atoms with Gasteiger partial charge in [-0.25, -0.2) is 0 Å². The molecule has 84 valence electrons. The normalized spacial score (nSPS) is 13.6. The molecule has 0 bridgehead atoms. The minimum absolute atomic E-state index is 0.975. The molecule has 3 heteroatoms. The highest BCUT2D eigenvalue weighted by Crippen LogP contribution is 2.05. The van der Waals surface area contributed by atoms with Gasteiger partial charge in [0, 0.05) is 31.2 Å². The lowest BCUT2D eigenvalue weighted by Gasteiger charge is -2.17. The van der Waals surface area contributed by atoms with E-state index in [2.05, 4.69) is 22.3 Å². The molecule has 1 aromatic carbocycles. The van der Waals surface area contributed by atoms with E-state index in [1.54, 1.807) is 12.5 Å². The summed E-state index contributed by atoms with van der Waals surface area (Å²) in [4.78, 5) is 2.11. The summed E-state index contributed by atoms with van der Waals surface area (Å²) in [5.41, 5.74) is 1.18. The average molecular weight is 216 g/mol. The molecular weight excluding hydrogens is 200 g/mol. The van der Waals surface area contributed by atoms with Gasteiger partial charge in [-0.15, -0.1) is 0 Å². The average Bonchev–Trinajstić information content (AvgIpc) is 2.37. The number of rotatable bonds is 5. The second kappa shape index (κ2) is 5.85. The molecule has 0 atom stereocenters. The van der Waals surface area contributed by atoms with Crippen LogP contribution in [0.4, 0.5) is 5.69 Å². The number of benzene rings is 1. The molecular formula is C13H16N2O. The topological polar surface area (TPSA) is 24.5 Å². The number of hydrogen-bond donors (Lipinski definition) is 1. The molecule has 0 aromatic heterocycles. The maximum absolute atomic E-state index is 4.96. The van der Waals surface area contributed by atoms with Crippen molar-refractivity contribution in [1.82, 2.24) is 4.90 Å². The van der Waals surface area contributed by atoms with E-state index in [-0.39, 0.29) is 0 Å². The Hall–Kier alpha value is -1.90. The Morgan fingerprint density at radius 1 is 1.06 bits per heavy atom. The summed E-state index contributed by atoms with van der Waals surface area (Å²) in [7, 11) is 0. The minimum Gasteiger partial charge on any atom is -0.470 e. The lowest BCUT2D eigenvalue weighted by atomic mass is 10.3. The third-order valence-electron chi connectivity index (χ3n) is 2.36. The number of nitrogens with one attached hydrogen (secondary N) is 1. The van der Waals surface area contributed by atoms with E-state index in [4.69, 9.17) is 4.74 Å². The molecule has 1 aliphatic heterocycles. The van der Waals surface area contributed by atoms with Crippen molar-refractivity contribution >= 4 is 5.69 Å². The molecule has 1 N–H and O–H groups in total. The third-order valence-corrected chi connectivity index (χ3v) is 2.36. The Bertz CT molecular complexity index is 347. The van der Waals surface area contributed by atoms with E-state index in [0.717, 1.165) is 19.5 Å². The number of anilines is 1. The Balaban J connectivity index is 1.63. The number of hydrogen-bond acceptors (Lipinski definition) is 3. The summed E-state index contributed by atoms with van der Waals surface area (Å²) in [5, 5.41) is 3.38. The molecule has 0 radical (unpaired) electrons. The van der Waals surface area contributed by atoms with Crippen LogP contribution >= 0.6 is 0 Å². The molecule has 16 heavy (non-hydrogen) atoms. The molecule has 1 aliphatic rings. The zero-order valence-electron chi connectivity index (χ0n) is 9.17. The summed E-state index contributed by atoms with van der Waals surface area (Å²) in [5.74, 6) is 0. The zero-order chi connectivity index (χ0) is 11.1. The van der Waals surface area contributed by atoms with Gasteiger partial charge >= 0.3 is 0 Å². The van der Waals surface area contributed by atoms with E-state index >= 15 is 0 Å². The molecule has 1 aromatic rings. The highest BCUT2D eigenvalue weighted by Gasteiger charge is 1.97. The second-order valence-electron chi connectivity index (χ2n) is 3.59. The van der Waals surface area contributed by atoms with Crippen LogP contribution in [0.2, 0.25) is 0 Å². The SMILES string of the molecule is C1=CN(CCCNc2ccccc2)C=CO1. The maximum Gasteiger partial charge on any atom is 0.106 e. The zero-order valence-corrected chi connectivity index (χ0v) is 9.17. The van der Waals surface area contributed by atoms with Crippen LogP contribution in [-0.4, -0.2) is 18.0 Å². The van der Waals surface area contributed by atoms with Gasteiger partial charge in [0.15, 0.2) is 0 Å². The van der Waals surface area contributed by atoms with Crippen LogP contribution in [0.25, 0.3) is 0 Å². The van der Waals surface area contributed by atoms with Crippen LogP contribution in [0, 0.1) is 0 Å². The van der Waals surface area contributed by atoms with Crippen molar-refractivity contribution in [1.29, 1.82) is 0 Å². The quantitative estimate of drug-likeness (QED) is 0.766. The van der Waals surface area contributed by atoms with Crippen molar-refractivity contribution in [3.8, 4) is 0 Å². The first kappa shape index (κ1) is 10.6. The van der Waals surface area contributed by atoms with Gasteiger partial charge in [-0.3, -0.25) is 0 Å². The maximum atomic E-state index is 4.96. The van der Waals surface area contributed by atoms with Crippen LogP contribution < -0.4 is 5.32 Å². The lowest BCUT2D eigenvalue weighted by molar-refractivity contribution is 0.343. The Morgan fingerprint density at radius 3 is 2.56 bits per heavy atom. The largest absolute Gasteiger partial charge is 0.470 e. The second-order valence-corrected chi connectivity index (χ2v) is 3.59. The highest BCUT2D eigenvalue weighted by atomic mass is 16.5. The van der Waals surface area contributed by atoms with Crippen LogP contribution in [0.15, 0.2) is 55.3 Å². The highest BCUT2D eigenvalue weighted by molar-refractivity contribution is 5.42. The van der Waals surface area contributed by atoms with Crippen molar-refractivity contribution in [3.63, 3.8) is 0 Å². The smallest absolute Gasteiger partial charge is 0.106 e. The number of nitrogens with zero attached hydrogens (tertiary/aromatic N) is 1. The minimum atomic E-state index is 0.975. The van der Waals surface area contributed by atoms with Crippen LogP contribution in [0.5, 0.6) is 0 Å². The van der Waals surface area contributed by atoms with Gasteiger partial charge in [-0.05, 0) is 18.6 Å². The predicted molar refractivity (Wildman–Crippen MR) is 65.6 cm³/mol. The molecule has 0 unspecified atom stereocenters. The standard InChI is InChI=1S/C13H16N2O/c1-2-5-13(6-3-1)14-7-4-8-15-9-11-16-12-10-15/h1-3,5-6,9-12,14H,4,7-8H2. The molecule has 0 aliphatic carbocycles. The molecule has 0 spiro atoms. The van der Waals surface area contributed by atoms with Gasteiger partial charge in [0.2, 0.25) is 0 Å². The number of ether oxygens (including phenoxy) is 1. The summed E-state index contributed by atoms with van der Waals surface area (Å²) in [6.45, 7) is 1.97. The first-order valence-corrected chi connectivity index (χ1v) is 5.48. The van der Waals surface area contributed by atoms with Gasteiger partial charge in [0.05, 0.1) is 0 Å². The number of para-hydroxylation sites is 1. The molecule has 0 saturated carbocycles. The van der Waals surface area contributed by atoms with Gasteiger partial charge in [-0.1, -0.05) is 18.2 Å². The van der Waals surface area contributed by atoms with Gasteiger partial charge in [-0.2, -0.15) is 0 Å². The summed E-state index contributed by atoms with van der Waals surface area (Å²) in [6.07, 6.45) is 8.32. The molecule has 0 amide bonds. The van der Waals surface area contributed by atoms with E-state index < -0.39 is 0 Å². The molecule has 3 nitrogen and oxygen atoms in total. The predicted octanol–water partition coefficient (Wildman–Crippen LogP) is 2.76. The lowest BCUT2D eigenvalue weighted by Crippen LogP contribution is -2.16. The van der Waals surface area contributed by atoms with Crippen LogP contribution in [0.1, 0.15) is 6.42 Å². The Labute approximate surface area is 96.0 Å². The van der Waals surface area contributed by atoms with Crippen molar-refractivity contribution in [2.75, 3.05) is 18.4 Å². The van der Waals surface area contributed by atoms with E-state index in [1.165, 1.54) is 5.69 Å². The van der Waals surface area contributed by atoms with E-state index in [0.29, 0.717) is 0 Å². The first-order valence-electron chi connectivity index (χ1n) is 5.48. The van der Waals surface area contributed by atoms with Crippen LogP contribution in [0.3, 0.4) is 0 Å². The van der Waals surface area contributed by atoms with Crippen molar-refractivity contribution in [3.05, 3.63) is 55.3 Å². The molecule has 2 rings (SSSR count). The summed E-state index contributed by atoms with van der Waals surface area (Å²) < 4.78 is 4.96. The van der Waals surface area contributed by atoms with Crippen LogP contribution in [-0.2, 0) is 4.74 Å². The van der Waals surface area contributed by atoms with Crippen molar-refractivity contribution in [2.24, 2.45) is 0 Å². The molecule has 0 saturated heterocycles. The fraction of sp³-hybridized carbons (Fsp3) is 0.231. The van der Waals surface area contributed by atoms with Crippen molar-refractivity contribution in [2.45, 2.75) is 6.42 Å². The van der Waals surface area contributed by atoms with E-state index in [1.807, 2.05) is 30.6 Å². The third kappa shape index (κ3) is 3.35. The molecule has 1 heterocycles. The fourth-order valence-electron chi connectivity index (χ4n) is 1.52. The molecule has 0 fully saturated rings. The first-order chi connectivity index (χ1) is 7.95. The van der Waals surface area contributed by atoms with Gasteiger partial charge < -0.3 is 15.0 Å². The Morgan fingerprint density at radius 2 is 1.81 bits per heavy atom. The fourth-order valence-corrected chi connectivity index (χ4v) is 1.52. The van der Waals surface area contributed by atoms with Crippen molar-refractivity contribution < 1.29 is 4.74 Å². The van der Waals surface area contributed by atoms with E-state index in [9.17, 15) is 0 Å². The van der Waals surface area contributed by atoms with Gasteiger partial charge in [0.25, 0.3) is 0 Å². The Kier molecular flexibility index (Phi) is 3.88. The summed E-state index contributed by atoms with van der Waals surface area (Å²) >= 11 is 0. The monoisotopic (exact) mass is 216 g/mol. The van der Waals surface area contributed by atoms with Gasteiger partial charge in [0.1, 0.15) is 12.5 Å². The summed E-state index contributed by atoms with van der Waals surface area (Å²) in [6, 6.07) is 10.3.